The number of fused-ring (bicyclic) bond motifs is 1. The third-order valence-corrected chi connectivity index (χ3v) is 4.84. The van der Waals surface area contributed by atoms with E-state index in [2.05, 4.69) is 20.3 Å². The van der Waals surface area contributed by atoms with Gasteiger partial charge in [-0.3, -0.25) is 14.3 Å². The van der Waals surface area contributed by atoms with Crippen molar-refractivity contribution in [1.82, 2.24) is 19.5 Å². The van der Waals surface area contributed by atoms with E-state index >= 15 is 0 Å². The smallest absolute Gasteiger partial charge is 0.280 e. The van der Waals surface area contributed by atoms with Crippen molar-refractivity contribution >= 4 is 17.1 Å². The Labute approximate surface area is 164 Å². The van der Waals surface area contributed by atoms with Crippen molar-refractivity contribution in [3.8, 4) is 5.75 Å². The summed E-state index contributed by atoms with van der Waals surface area (Å²) in [6.07, 6.45) is -3.24. The van der Waals surface area contributed by atoms with Crippen molar-refractivity contribution in [2.24, 2.45) is 0 Å². The maximum absolute atomic E-state index is 12.4. The van der Waals surface area contributed by atoms with E-state index in [1.165, 1.54) is 10.9 Å². The molecule has 0 radical (unpaired) electrons. The van der Waals surface area contributed by atoms with Gasteiger partial charge in [0.15, 0.2) is 17.4 Å². The van der Waals surface area contributed by atoms with Crippen LogP contribution in [-0.4, -0.2) is 66.9 Å². The second-order valence-corrected chi connectivity index (χ2v) is 6.67. The van der Waals surface area contributed by atoms with Crippen LogP contribution in [0.15, 0.2) is 35.4 Å². The number of H-pyrrole nitrogens is 1. The average Bonchev–Trinajstić information content (AvgIpc) is 3.28. The number of aliphatic hydroxyl groups excluding tert-OH is 3. The molecule has 0 bridgehead atoms. The Morgan fingerprint density at radius 2 is 2.03 bits per heavy atom. The number of aliphatic hydroxyl groups is 3. The maximum atomic E-state index is 12.4. The lowest BCUT2D eigenvalue weighted by molar-refractivity contribution is -0.0511. The van der Waals surface area contributed by atoms with Crippen LogP contribution in [0.2, 0.25) is 0 Å². The molecule has 0 spiro atoms. The standard InChI is InChI=1S/C18H21N5O6/c1-28-10-4-2-9(3-5-10)6-19-18-21-15-12(16(27)22-18)20-8-23(15)17-14(26)13(25)11(7-24)29-17/h2-5,8,11,13-14,17,24-26H,6-7H2,1H3,(H2,19,21,22,27)/t11-,13-,14-,17-/m1/s1. The summed E-state index contributed by atoms with van der Waals surface area (Å²) in [6, 6.07) is 7.41. The molecule has 1 fully saturated rings. The lowest BCUT2D eigenvalue weighted by atomic mass is 10.1. The van der Waals surface area contributed by atoms with E-state index in [-0.39, 0.29) is 17.1 Å². The minimum atomic E-state index is -1.30. The van der Waals surface area contributed by atoms with Gasteiger partial charge < -0.3 is 30.1 Å². The molecule has 1 aliphatic rings. The van der Waals surface area contributed by atoms with Gasteiger partial charge in [-0.2, -0.15) is 4.98 Å². The fourth-order valence-corrected chi connectivity index (χ4v) is 3.24. The molecule has 5 N–H and O–H groups in total. The predicted molar refractivity (Wildman–Crippen MR) is 101 cm³/mol. The number of aromatic amines is 1. The van der Waals surface area contributed by atoms with E-state index < -0.39 is 36.7 Å². The van der Waals surface area contributed by atoms with Crippen LogP contribution < -0.4 is 15.6 Å². The van der Waals surface area contributed by atoms with E-state index in [0.29, 0.717) is 6.54 Å². The summed E-state index contributed by atoms with van der Waals surface area (Å²) >= 11 is 0. The fourth-order valence-electron chi connectivity index (χ4n) is 3.24. The topological polar surface area (TPSA) is 155 Å². The van der Waals surface area contributed by atoms with Gasteiger partial charge in [0.25, 0.3) is 5.56 Å². The van der Waals surface area contributed by atoms with Crippen LogP contribution in [0.5, 0.6) is 5.75 Å². The van der Waals surface area contributed by atoms with Gasteiger partial charge in [-0.25, -0.2) is 4.98 Å². The van der Waals surface area contributed by atoms with Crippen molar-refractivity contribution in [3.63, 3.8) is 0 Å². The SMILES string of the molecule is COc1ccc(CNc2nc3c(ncn3[C@@H]3O[C@H](CO)[C@@H](O)[C@H]3O)c(=O)[nH]2)cc1. The van der Waals surface area contributed by atoms with Crippen LogP contribution in [0.3, 0.4) is 0 Å². The molecule has 11 nitrogen and oxygen atoms in total. The highest BCUT2D eigenvalue weighted by Crippen LogP contribution is 2.30. The molecule has 3 aromatic rings. The molecule has 0 unspecified atom stereocenters. The first-order chi connectivity index (χ1) is 14.0. The van der Waals surface area contributed by atoms with E-state index in [0.717, 1.165) is 11.3 Å². The number of rotatable bonds is 6. The largest absolute Gasteiger partial charge is 0.497 e. The molecule has 1 aliphatic heterocycles. The zero-order valence-electron chi connectivity index (χ0n) is 15.5. The minimum absolute atomic E-state index is 0.0673. The molecule has 0 saturated carbocycles. The van der Waals surface area contributed by atoms with Crippen LogP contribution in [-0.2, 0) is 11.3 Å². The Morgan fingerprint density at radius 3 is 2.69 bits per heavy atom. The first kappa shape index (κ1) is 19.3. The molecule has 0 amide bonds. The summed E-state index contributed by atoms with van der Waals surface area (Å²) in [4.78, 5) is 23.4. The quantitative estimate of drug-likeness (QED) is 0.361. The van der Waals surface area contributed by atoms with E-state index in [4.69, 9.17) is 9.47 Å². The van der Waals surface area contributed by atoms with Crippen LogP contribution >= 0.6 is 0 Å². The maximum Gasteiger partial charge on any atom is 0.280 e. The summed E-state index contributed by atoms with van der Waals surface area (Å²) in [5, 5.41) is 32.5. The zero-order chi connectivity index (χ0) is 20.5. The highest BCUT2D eigenvalue weighted by molar-refractivity contribution is 5.71. The van der Waals surface area contributed by atoms with Gasteiger partial charge in [-0.1, -0.05) is 12.1 Å². The van der Waals surface area contributed by atoms with Crippen LogP contribution in [0.25, 0.3) is 11.2 Å². The summed E-state index contributed by atoms with van der Waals surface area (Å²) in [5.74, 6) is 0.955. The Bertz CT molecular complexity index is 1050. The van der Waals surface area contributed by atoms with Gasteiger partial charge in [0.2, 0.25) is 5.95 Å². The molecule has 4 atom stereocenters. The number of nitrogens with zero attached hydrogens (tertiary/aromatic N) is 3. The second kappa shape index (κ2) is 7.79. The Balaban J connectivity index is 1.60. The molecule has 3 heterocycles. The monoisotopic (exact) mass is 403 g/mol. The van der Waals surface area contributed by atoms with Gasteiger partial charge in [0, 0.05) is 6.54 Å². The number of anilines is 1. The van der Waals surface area contributed by atoms with Crippen LogP contribution in [0, 0.1) is 0 Å². The molecule has 1 aromatic carbocycles. The first-order valence-electron chi connectivity index (χ1n) is 8.98. The molecular weight excluding hydrogens is 382 g/mol. The number of aromatic nitrogens is 4. The molecular formula is C18H21N5O6. The van der Waals surface area contributed by atoms with Crippen molar-refractivity contribution in [2.75, 3.05) is 19.0 Å². The number of nitrogens with one attached hydrogen (secondary N) is 2. The summed E-state index contributed by atoms with van der Waals surface area (Å²) in [5.41, 5.74) is 0.738. The number of imidazole rings is 1. The summed E-state index contributed by atoms with van der Waals surface area (Å²) < 4.78 is 12.0. The first-order valence-corrected chi connectivity index (χ1v) is 8.98. The summed E-state index contributed by atoms with van der Waals surface area (Å²) in [7, 11) is 1.59. The van der Waals surface area contributed by atoms with Gasteiger partial charge in [0.05, 0.1) is 20.0 Å². The zero-order valence-corrected chi connectivity index (χ0v) is 15.5. The Kier molecular flexibility index (Phi) is 5.20. The lowest BCUT2D eigenvalue weighted by Crippen LogP contribution is -2.33. The molecule has 0 aliphatic carbocycles. The van der Waals surface area contributed by atoms with Gasteiger partial charge in [-0.05, 0) is 17.7 Å². The highest BCUT2D eigenvalue weighted by atomic mass is 16.6. The minimum Gasteiger partial charge on any atom is -0.497 e. The molecule has 29 heavy (non-hydrogen) atoms. The average molecular weight is 403 g/mol. The molecule has 4 rings (SSSR count). The molecule has 1 saturated heterocycles. The van der Waals surface area contributed by atoms with Gasteiger partial charge in [0.1, 0.15) is 24.1 Å². The third kappa shape index (κ3) is 3.56. The van der Waals surface area contributed by atoms with Crippen molar-refractivity contribution in [2.45, 2.75) is 31.1 Å². The molecule has 2 aromatic heterocycles. The van der Waals surface area contributed by atoms with Crippen molar-refractivity contribution < 1.29 is 24.8 Å². The van der Waals surface area contributed by atoms with Crippen LogP contribution in [0.1, 0.15) is 11.8 Å². The number of methoxy groups -OCH3 is 1. The number of hydrogen-bond donors (Lipinski definition) is 5. The van der Waals surface area contributed by atoms with Gasteiger partial charge >= 0.3 is 0 Å². The normalized spacial score (nSPS) is 24.1. The highest BCUT2D eigenvalue weighted by Gasteiger charge is 2.44. The van der Waals surface area contributed by atoms with Crippen molar-refractivity contribution in [1.29, 1.82) is 0 Å². The molecule has 11 heteroatoms. The Morgan fingerprint density at radius 1 is 1.28 bits per heavy atom. The van der Waals surface area contributed by atoms with E-state index in [1.54, 1.807) is 7.11 Å². The van der Waals surface area contributed by atoms with Gasteiger partial charge in [-0.15, -0.1) is 0 Å². The second-order valence-electron chi connectivity index (χ2n) is 6.67. The van der Waals surface area contributed by atoms with Crippen LogP contribution in [0.4, 0.5) is 5.95 Å². The number of hydrogen-bond acceptors (Lipinski definition) is 9. The lowest BCUT2D eigenvalue weighted by Gasteiger charge is -2.16. The third-order valence-electron chi connectivity index (χ3n) is 4.84. The number of ether oxygens (including phenoxy) is 2. The predicted octanol–water partition coefficient (Wildman–Crippen LogP) is -0.648. The number of benzene rings is 1. The fraction of sp³-hybridized carbons (Fsp3) is 0.389. The van der Waals surface area contributed by atoms with E-state index in [1.807, 2.05) is 24.3 Å². The molecule has 154 valence electrons. The van der Waals surface area contributed by atoms with Crippen molar-refractivity contribution in [3.05, 3.63) is 46.5 Å². The van der Waals surface area contributed by atoms with E-state index in [9.17, 15) is 20.1 Å². The Hall–Kier alpha value is -2.99. The summed E-state index contributed by atoms with van der Waals surface area (Å²) in [6.45, 7) is -0.0511.